The van der Waals surface area contributed by atoms with Gasteiger partial charge in [-0.05, 0) is 19.1 Å². The molecule has 0 amide bonds. The van der Waals surface area contributed by atoms with Crippen molar-refractivity contribution in [2.24, 2.45) is 5.10 Å². The van der Waals surface area contributed by atoms with Gasteiger partial charge in [0.15, 0.2) is 5.78 Å². The van der Waals surface area contributed by atoms with Gasteiger partial charge in [0.2, 0.25) is 0 Å². The lowest BCUT2D eigenvalue weighted by Crippen LogP contribution is -2.07. The van der Waals surface area contributed by atoms with Crippen molar-refractivity contribution in [3.05, 3.63) is 24.4 Å². The Hall–Kier alpha value is -1.71. The van der Waals surface area contributed by atoms with E-state index in [2.05, 4.69) is 15.5 Å². The van der Waals surface area contributed by atoms with Crippen LogP contribution in [0.3, 0.4) is 0 Å². The number of ketones is 1. The number of hydrazone groups is 1. The average molecular weight is 177 g/mol. The summed E-state index contributed by atoms with van der Waals surface area (Å²) in [6.45, 7) is 3.12. The van der Waals surface area contributed by atoms with Gasteiger partial charge >= 0.3 is 0 Å². The number of carbonyl (C=O) groups is 1. The van der Waals surface area contributed by atoms with E-state index in [9.17, 15) is 4.79 Å². The maximum absolute atomic E-state index is 10.8. The molecule has 0 radical (unpaired) electrons. The van der Waals surface area contributed by atoms with Crippen LogP contribution in [0.25, 0.3) is 0 Å². The molecule has 0 bridgehead atoms. The third-order valence-corrected chi connectivity index (χ3v) is 1.51. The molecule has 1 aromatic heterocycles. The molecule has 0 saturated heterocycles. The highest BCUT2D eigenvalue weighted by Crippen LogP contribution is 1.99. The number of pyridine rings is 1. The Morgan fingerprint density at radius 3 is 2.77 bits per heavy atom. The number of hydrogen-bond donors (Lipinski definition) is 1. The zero-order valence-corrected chi connectivity index (χ0v) is 7.61. The molecule has 13 heavy (non-hydrogen) atoms. The molecule has 0 spiro atoms. The van der Waals surface area contributed by atoms with Crippen LogP contribution in [0.15, 0.2) is 29.5 Å². The molecule has 0 saturated carbocycles. The van der Waals surface area contributed by atoms with Gasteiger partial charge in [0.05, 0.1) is 0 Å². The quantitative estimate of drug-likeness (QED) is 0.561. The van der Waals surface area contributed by atoms with Gasteiger partial charge < -0.3 is 0 Å². The largest absolute Gasteiger partial charge is 0.293 e. The Balaban J connectivity index is 2.62. The number of Topliss-reactive ketones (excluding diaryl/α,β-unsaturated/α-hetero) is 1. The van der Waals surface area contributed by atoms with Crippen LogP contribution >= 0.6 is 0 Å². The smallest absolute Gasteiger partial charge is 0.175 e. The molecule has 0 aliphatic rings. The minimum absolute atomic E-state index is 0.0524. The van der Waals surface area contributed by atoms with Gasteiger partial charge in [-0.25, -0.2) is 4.98 Å². The van der Waals surface area contributed by atoms with E-state index in [4.69, 9.17) is 0 Å². The fourth-order valence-corrected chi connectivity index (χ4v) is 0.649. The van der Waals surface area contributed by atoms with E-state index in [-0.39, 0.29) is 5.78 Å². The molecule has 1 heterocycles. The SMILES string of the molecule is CC(=O)C(C)=NNc1ccccn1. The van der Waals surface area contributed by atoms with Crippen LogP contribution in [0.2, 0.25) is 0 Å². The molecule has 4 heteroatoms. The maximum Gasteiger partial charge on any atom is 0.175 e. The molecule has 0 aromatic carbocycles. The third-order valence-electron chi connectivity index (χ3n) is 1.51. The molecule has 1 N–H and O–H groups in total. The highest BCUT2D eigenvalue weighted by atomic mass is 16.1. The Bertz CT molecular complexity index is 319. The number of carbonyl (C=O) groups excluding carboxylic acids is 1. The number of nitrogens with zero attached hydrogens (tertiary/aromatic N) is 2. The summed E-state index contributed by atoms with van der Waals surface area (Å²) in [6, 6.07) is 5.43. The minimum atomic E-state index is -0.0524. The summed E-state index contributed by atoms with van der Waals surface area (Å²) in [5.41, 5.74) is 3.12. The van der Waals surface area contributed by atoms with Gasteiger partial charge in [-0.2, -0.15) is 5.10 Å². The molecular weight excluding hydrogens is 166 g/mol. The van der Waals surface area contributed by atoms with Gasteiger partial charge in [-0.3, -0.25) is 10.2 Å². The van der Waals surface area contributed by atoms with Crippen LogP contribution < -0.4 is 5.43 Å². The van der Waals surface area contributed by atoms with Crippen molar-refractivity contribution in [1.29, 1.82) is 0 Å². The summed E-state index contributed by atoms with van der Waals surface area (Å²) in [4.78, 5) is 14.8. The van der Waals surface area contributed by atoms with Crippen molar-refractivity contribution in [3.63, 3.8) is 0 Å². The van der Waals surface area contributed by atoms with Crippen LogP contribution in [-0.4, -0.2) is 16.5 Å². The second-order valence-electron chi connectivity index (χ2n) is 2.58. The lowest BCUT2D eigenvalue weighted by molar-refractivity contribution is -0.111. The van der Waals surface area contributed by atoms with Crippen LogP contribution in [0.1, 0.15) is 13.8 Å². The molecule has 0 aliphatic heterocycles. The molecule has 1 rings (SSSR count). The topological polar surface area (TPSA) is 54.4 Å². The zero-order chi connectivity index (χ0) is 9.68. The van der Waals surface area contributed by atoms with Gasteiger partial charge in [-0.15, -0.1) is 0 Å². The fourth-order valence-electron chi connectivity index (χ4n) is 0.649. The number of anilines is 1. The lowest BCUT2D eigenvalue weighted by Gasteiger charge is -1.98. The first-order valence-electron chi connectivity index (χ1n) is 3.92. The first-order chi connectivity index (χ1) is 6.20. The van der Waals surface area contributed by atoms with Crippen molar-refractivity contribution in [3.8, 4) is 0 Å². The average Bonchev–Trinajstić information content (AvgIpc) is 2.15. The van der Waals surface area contributed by atoms with E-state index in [1.54, 1.807) is 19.2 Å². The van der Waals surface area contributed by atoms with Crippen LogP contribution in [0.4, 0.5) is 5.82 Å². The van der Waals surface area contributed by atoms with Crippen LogP contribution in [-0.2, 0) is 4.79 Å². The van der Waals surface area contributed by atoms with Crippen molar-refractivity contribution in [2.75, 3.05) is 5.43 Å². The van der Waals surface area contributed by atoms with Crippen molar-refractivity contribution in [2.45, 2.75) is 13.8 Å². The zero-order valence-electron chi connectivity index (χ0n) is 7.61. The Kier molecular flexibility index (Phi) is 3.14. The van der Waals surface area contributed by atoms with E-state index in [1.165, 1.54) is 6.92 Å². The van der Waals surface area contributed by atoms with Crippen molar-refractivity contribution >= 4 is 17.3 Å². The standard InChI is InChI=1S/C9H11N3O/c1-7(8(2)13)11-12-9-5-3-4-6-10-9/h3-6H,1-2H3,(H,10,12). The van der Waals surface area contributed by atoms with Crippen LogP contribution in [0, 0.1) is 0 Å². The maximum atomic E-state index is 10.8. The monoisotopic (exact) mass is 177 g/mol. The Morgan fingerprint density at radius 1 is 1.46 bits per heavy atom. The summed E-state index contributed by atoms with van der Waals surface area (Å²) in [5, 5.41) is 3.85. The summed E-state index contributed by atoms with van der Waals surface area (Å²) in [6.07, 6.45) is 1.65. The highest BCUT2D eigenvalue weighted by Gasteiger charge is 1.96. The first kappa shape index (κ1) is 9.38. The highest BCUT2D eigenvalue weighted by molar-refractivity contribution is 6.38. The summed E-state index contributed by atoms with van der Waals surface area (Å²) in [7, 11) is 0. The lowest BCUT2D eigenvalue weighted by atomic mass is 10.3. The molecule has 4 nitrogen and oxygen atoms in total. The summed E-state index contributed by atoms with van der Waals surface area (Å²) >= 11 is 0. The molecule has 0 aliphatic carbocycles. The third kappa shape index (κ3) is 3.02. The number of nitrogens with one attached hydrogen (secondary N) is 1. The van der Waals surface area contributed by atoms with Crippen molar-refractivity contribution in [1.82, 2.24) is 4.98 Å². The minimum Gasteiger partial charge on any atom is -0.293 e. The van der Waals surface area contributed by atoms with E-state index in [0.717, 1.165) is 0 Å². The number of rotatable bonds is 3. The first-order valence-corrected chi connectivity index (χ1v) is 3.92. The molecule has 0 unspecified atom stereocenters. The van der Waals surface area contributed by atoms with Gasteiger partial charge in [0, 0.05) is 13.1 Å². The summed E-state index contributed by atoms with van der Waals surface area (Å²) < 4.78 is 0. The summed E-state index contributed by atoms with van der Waals surface area (Å²) in [5.74, 6) is 0.575. The molecule has 68 valence electrons. The second kappa shape index (κ2) is 4.35. The van der Waals surface area contributed by atoms with E-state index < -0.39 is 0 Å². The fraction of sp³-hybridized carbons (Fsp3) is 0.222. The molecule has 0 atom stereocenters. The van der Waals surface area contributed by atoms with Gasteiger partial charge in [0.25, 0.3) is 0 Å². The molecule has 1 aromatic rings. The van der Waals surface area contributed by atoms with E-state index in [0.29, 0.717) is 11.5 Å². The Morgan fingerprint density at radius 2 is 2.23 bits per heavy atom. The normalized spacial score (nSPS) is 11.1. The predicted octanol–water partition coefficient (Wildman–Crippen LogP) is 1.46. The van der Waals surface area contributed by atoms with E-state index >= 15 is 0 Å². The number of hydrogen-bond acceptors (Lipinski definition) is 4. The second-order valence-corrected chi connectivity index (χ2v) is 2.58. The van der Waals surface area contributed by atoms with Gasteiger partial charge in [-0.1, -0.05) is 6.07 Å². The van der Waals surface area contributed by atoms with Crippen molar-refractivity contribution < 1.29 is 4.79 Å². The predicted molar refractivity (Wildman–Crippen MR) is 51.6 cm³/mol. The Labute approximate surface area is 76.7 Å². The number of aromatic nitrogens is 1. The van der Waals surface area contributed by atoms with Gasteiger partial charge in [0.1, 0.15) is 11.5 Å². The molecule has 0 fully saturated rings. The van der Waals surface area contributed by atoms with E-state index in [1.807, 2.05) is 12.1 Å². The van der Waals surface area contributed by atoms with Crippen LogP contribution in [0.5, 0.6) is 0 Å². The molecular formula is C9H11N3O.